The Morgan fingerprint density at radius 2 is 1.20 bits per heavy atom. The smallest absolute Gasteiger partial charge is 0.387 e. The van der Waals surface area contributed by atoms with Crippen LogP contribution in [0.4, 0.5) is 0 Å². The number of likely N-dealkylation sites (N-methyl/N-ethyl adjacent to an activating group) is 1. The fourth-order valence-electron chi connectivity index (χ4n) is 5.07. The first-order chi connectivity index (χ1) is 23.5. The molecule has 49 heavy (non-hydrogen) atoms. The van der Waals surface area contributed by atoms with E-state index < -0.39 is 20.0 Å². The van der Waals surface area contributed by atoms with Crippen LogP contribution in [0.2, 0.25) is 0 Å². The van der Waals surface area contributed by atoms with Crippen LogP contribution < -0.4 is 5.32 Å². The first-order valence-corrected chi connectivity index (χ1v) is 21.0. The highest BCUT2D eigenvalue weighted by Gasteiger charge is 2.27. The van der Waals surface area contributed by atoms with E-state index in [9.17, 15) is 19.4 Å². The predicted molar refractivity (Wildman–Crippen MR) is 207 cm³/mol. The second kappa shape index (κ2) is 32.4. The molecule has 0 aromatic carbocycles. The molecule has 0 spiro atoms. The summed E-state index contributed by atoms with van der Waals surface area (Å²) >= 11 is 0. The van der Waals surface area contributed by atoms with Crippen molar-refractivity contribution < 1.29 is 32.9 Å². The van der Waals surface area contributed by atoms with Crippen LogP contribution in [-0.2, 0) is 18.4 Å². The number of unbranched alkanes of at least 4 members (excludes halogenated alkanes) is 15. The number of quaternary nitrogens is 1. The zero-order valence-electron chi connectivity index (χ0n) is 32.2. The lowest BCUT2D eigenvalue weighted by atomic mass is 10.1. The number of rotatable bonds is 34. The molecule has 9 heteroatoms. The summed E-state index contributed by atoms with van der Waals surface area (Å²) in [5.74, 6) is -0.198. The third-order valence-electron chi connectivity index (χ3n) is 8.27. The molecule has 0 heterocycles. The van der Waals surface area contributed by atoms with Crippen molar-refractivity contribution in [2.45, 2.75) is 161 Å². The lowest BCUT2D eigenvalue weighted by molar-refractivity contribution is -0.870. The second-order valence-corrected chi connectivity index (χ2v) is 15.7. The van der Waals surface area contributed by atoms with Crippen molar-refractivity contribution in [3.05, 3.63) is 48.6 Å². The lowest BCUT2D eigenvalue weighted by Crippen LogP contribution is -2.45. The molecule has 0 aliphatic heterocycles. The first-order valence-electron chi connectivity index (χ1n) is 19.5. The number of amides is 1. The average molecular weight is 712 g/mol. The Balaban J connectivity index is 4.38. The monoisotopic (exact) mass is 712 g/mol. The Kier molecular flexibility index (Phi) is 31.4. The summed E-state index contributed by atoms with van der Waals surface area (Å²) < 4.78 is 23.4. The van der Waals surface area contributed by atoms with Gasteiger partial charge in [-0.2, -0.15) is 0 Å². The lowest BCUT2D eigenvalue weighted by Gasteiger charge is -2.25. The van der Waals surface area contributed by atoms with E-state index in [0.29, 0.717) is 17.4 Å². The van der Waals surface area contributed by atoms with Gasteiger partial charge in [-0.3, -0.25) is 13.8 Å². The number of nitrogens with one attached hydrogen (secondary N) is 1. The van der Waals surface area contributed by atoms with Crippen molar-refractivity contribution in [1.82, 2.24) is 5.32 Å². The molecule has 3 N–H and O–H groups in total. The molecule has 8 nitrogen and oxygen atoms in total. The van der Waals surface area contributed by atoms with E-state index in [2.05, 4.69) is 55.6 Å². The molecule has 1 amide bonds. The maximum absolute atomic E-state index is 12.8. The van der Waals surface area contributed by atoms with Crippen LogP contribution in [0.5, 0.6) is 0 Å². The molecule has 3 atom stereocenters. The molecule has 286 valence electrons. The standard InChI is InChI=1S/C40H75N2O6P/c1-6-8-10-12-14-16-17-18-19-20-21-22-23-24-25-26-28-30-32-34-40(44)41-38(37-48-49(45,46)47-36-35-42(3,4)5)39(43)33-31-29-27-15-13-11-9-7-2/h13-16,18-19,31,33,38-39,43H,6-12,17,20-30,32,34-37H2,1-5H3,(H-,41,44,45,46)/p+1/b15-13+,16-14-,19-18-,33-31+. The largest absolute Gasteiger partial charge is 0.472 e. The predicted octanol–water partition coefficient (Wildman–Crippen LogP) is 10.1. The van der Waals surface area contributed by atoms with Crippen LogP contribution in [-0.4, -0.2) is 73.4 Å². The second-order valence-electron chi connectivity index (χ2n) is 14.3. The van der Waals surface area contributed by atoms with Crippen molar-refractivity contribution >= 4 is 13.7 Å². The van der Waals surface area contributed by atoms with Crippen LogP contribution in [0.25, 0.3) is 0 Å². The number of allylic oxidation sites excluding steroid dienone is 7. The highest BCUT2D eigenvalue weighted by Crippen LogP contribution is 2.43. The summed E-state index contributed by atoms with van der Waals surface area (Å²) in [6.07, 6.45) is 39.1. The van der Waals surface area contributed by atoms with Crippen molar-refractivity contribution in [2.75, 3.05) is 40.9 Å². The summed E-state index contributed by atoms with van der Waals surface area (Å²) in [4.78, 5) is 22.9. The number of phosphoric acid groups is 1. The molecular weight excluding hydrogens is 635 g/mol. The number of hydrogen-bond acceptors (Lipinski definition) is 5. The molecule has 3 unspecified atom stereocenters. The van der Waals surface area contributed by atoms with E-state index in [1.807, 2.05) is 27.2 Å². The van der Waals surface area contributed by atoms with E-state index >= 15 is 0 Å². The number of aliphatic hydroxyl groups excluding tert-OH is 1. The molecule has 0 aliphatic rings. The quantitative estimate of drug-likeness (QED) is 0.0266. The maximum Gasteiger partial charge on any atom is 0.472 e. The first kappa shape index (κ1) is 47.5. The molecule has 0 fully saturated rings. The van der Waals surface area contributed by atoms with Gasteiger partial charge in [0.1, 0.15) is 13.2 Å². The van der Waals surface area contributed by atoms with E-state index in [1.165, 1.54) is 83.5 Å². The minimum Gasteiger partial charge on any atom is -0.387 e. The molecule has 0 aliphatic carbocycles. The number of phosphoric ester groups is 1. The summed E-state index contributed by atoms with van der Waals surface area (Å²) in [5.41, 5.74) is 0. The average Bonchev–Trinajstić information content (AvgIpc) is 3.04. The van der Waals surface area contributed by atoms with Gasteiger partial charge in [0.05, 0.1) is 39.9 Å². The van der Waals surface area contributed by atoms with Gasteiger partial charge in [-0.1, -0.05) is 133 Å². The third-order valence-corrected chi connectivity index (χ3v) is 9.26. The van der Waals surface area contributed by atoms with Crippen molar-refractivity contribution in [1.29, 1.82) is 0 Å². The van der Waals surface area contributed by atoms with Crippen LogP contribution in [0.15, 0.2) is 48.6 Å². The van der Waals surface area contributed by atoms with Gasteiger partial charge in [-0.05, 0) is 57.8 Å². The normalized spacial score (nSPS) is 15.2. The number of carbonyl (C=O) groups excluding carboxylic acids is 1. The molecule has 0 aromatic heterocycles. The van der Waals surface area contributed by atoms with Gasteiger partial charge in [0.25, 0.3) is 0 Å². The molecule has 0 saturated heterocycles. The van der Waals surface area contributed by atoms with Crippen LogP contribution in [0.1, 0.15) is 149 Å². The topological polar surface area (TPSA) is 105 Å². The summed E-state index contributed by atoms with van der Waals surface area (Å²) in [6.45, 7) is 4.66. The van der Waals surface area contributed by atoms with Crippen LogP contribution >= 0.6 is 7.82 Å². The molecule has 0 radical (unpaired) electrons. The summed E-state index contributed by atoms with van der Waals surface area (Å²) in [7, 11) is 1.54. The summed E-state index contributed by atoms with van der Waals surface area (Å²) in [5, 5.41) is 13.7. The zero-order chi connectivity index (χ0) is 36.5. The molecule has 0 saturated carbocycles. The summed E-state index contributed by atoms with van der Waals surface area (Å²) in [6, 6.07) is -0.862. The molecule has 0 rings (SSSR count). The minimum absolute atomic E-state index is 0.0533. The zero-order valence-corrected chi connectivity index (χ0v) is 33.1. The number of hydrogen-bond donors (Lipinski definition) is 3. The Bertz CT molecular complexity index is 944. The van der Waals surface area contributed by atoms with Gasteiger partial charge in [0, 0.05) is 6.42 Å². The Morgan fingerprint density at radius 3 is 1.82 bits per heavy atom. The number of nitrogens with zero attached hydrogens (tertiary/aromatic N) is 1. The van der Waals surface area contributed by atoms with Gasteiger partial charge in [0.15, 0.2) is 0 Å². The third kappa shape index (κ3) is 34.7. The Labute approximate surface area is 301 Å². The number of carbonyl (C=O) groups is 1. The van der Waals surface area contributed by atoms with Gasteiger partial charge in [0.2, 0.25) is 5.91 Å². The number of aliphatic hydroxyl groups is 1. The fourth-order valence-corrected chi connectivity index (χ4v) is 5.81. The van der Waals surface area contributed by atoms with Crippen LogP contribution in [0.3, 0.4) is 0 Å². The van der Waals surface area contributed by atoms with E-state index in [1.54, 1.807) is 6.08 Å². The Hall–Kier alpha value is -1.54. The van der Waals surface area contributed by atoms with Crippen molar-refractivity contribution in [3.8, 4) is 0 Å². The maximum atomic E-state index is 12.8. The van der Waals surface area contributed by atoms with E-state index in [0.717, 1.165) is 44.9 Å². The fraction of sp³-hybridized carbons (Fsp3) is 0.775. The SMILES string of the molecule is CCCC/C=C/CC/C=C/C(O)C(COP(=O)(O)OCC[N+](C)(C)C)NC(=O)CCCCCCCCCCC/C=C\C/C=C\CCCCC. The Morgan fingerprint density at radius 1 is 0.694 bits per heavy atom. The molecular formula is C40H76N2O6P+. The molecule has 0 aromatic rings. The van der Waals surface area contributed by atoms with Crippen molar-refractivity contribution in [2.24, 2.45) is 0 Å². The van der Waals surface area contributed by atoms with Crippen LogP contribution in [0, 0.1) is 0 Å². The van der Waals surface area contributed by atoms with Gasteiger partial charge < -0.3 is 19.8 Å². The van der Waals surface area contributed by atoms with E-state index in [-0.39, 0.29) is 19.1 Å². The van der Waals surface area contributed by atoms with Crippen molar-refractivity contribution in [3.63, 3.8) is 0 Å². The highest BCUT2D eigenvalue weighted by atomic mass is 31.2. The van der Waals surface area contributed by atoms with Gasteiger partial charge in [-0.15, -0.1) is 0 Å². The highest BCUT2D eigenvalue weighted by molar-refractivity contribution is 7.47. The van der Waals surface area contributed by atoms with E-state index in [4.69, 9.17) is 9.05 Å². The molecule has 0 bridgehead atoms. The van der Waals surface area contributed by atoms with Gasteiger partial charge in [-0.25, -0.2) is 4.57 Å². The minimum atomic E-state index is -4.33. The van der Waals surface area contributed by atoms with Gasteiger partial charge >= 0.3 is 7.82 Å².